The van der Waals surface area contributed by atoms with Crippen molar-refractivity contribution in [3.8, 4) is 0 Å². The molecule has 20 heavy (non-hydrogen) atoms. The summed E-state index contributed by atoms with van der Waals surface area (Å²) in [5.74, 6) is -0.152. The van der Waals surface area contributed by atoms with Crippen LogP contribution in [-0.4, -0.2) is 12.4 Å². The third-order valence-electron chi connectivity index (χ3n) is 3.61. The van der Waals surface area contributed by atoms with Crippen LogP contribution in [0, 0.1) is 6.92 Å². The minimum absolute atomic E-state index is 0.152. The molecule has 0 saturated heterocycles. The zero-order chi connectivity index (χ0) is 15.9. The minimum Gasteiger partial charge on any atom is -0.170 e. The smallest absolute Gasteiger partial charge is 0.170 e. The highest BCUT2D eigenvalue weighted by molar-refractivity contribution is 5.38. The Labute approximate surface area is 113 Å². The van der Waals surface area contributed by atoms with Crippen LogP contribution in [-0.2, 0) is 5.41 Å². The van der Waals surface area contributed by atoms with Crippen molar-refractivity contribution in [1.82, 2.24) is 0 Å². The van der Waals surface area contributed by atoms with Gasteiger partial charge in [0.05, 0.1) is 0 Å². The second kappa shape index (κ2) is 4.97. The van der Waals surface area contributed by atoms with E-state index in [9.17, 15) is 26.3 Å². The molecule has 1 aromatic rings. The number of benzene rings is 1. The molecule has 0 spiro atoms. The fourth-order valence-corrected chi connectivity index (χ4v) is 2.06. The molecule has 0 aliphatic heterocycles. The molecule has 0 atom stereocenters. The Morgan fingerprint density at radius 1 is 0.900 bits per heavy atom. The molecule has 0 nitrogen and oxygen atoms in total. The van der Waals surface area contributed by atoms with E-state index in [0.717, 1.165) is 12.1 Å². The summed E-state index contributed by atoms with van der Waals surface area (Å²) in [6, 6.07) is 3.23. The van der Waals surface area contributed by atoms with Crippen LogP contribution in [0.15, 0.2) is 18.2 Å². The van der Waals surface area contributed by atoms with Crippen LogP contribution in [0.5, 0.6) is 0 Å². The topological polar surface area (TPSA) is 0 Å². The Bertz CT molecular complexity index is 467. The molecule has 0 fully saturated rings. The fourth-order valence-electron chi connectivity index (χ4n) is 2.06. The van der Waals surface area contributed by atoms with Crippen molar-refractivity contribution in [2.45, 2.75) is 51.4 Å². The molecule has 0 unspecified atom stereocenters. The molecule has 114 valence electrons. The van der Waals surface area contributed by atoms with Gasteiger partial charge in [0.1, 0.15) is 0 Å². The Morgan fingerprint density at radius 2 is 1.35 bits per heavy atom. The van der Waals surface area contributed by atoms with E-state index in [4.69, 9.17) is 0 Å². The van der Waals surface area contributed by atoms with Gasteiger partial charge in [-0.15, -0.1) is 0 Å². The summed E-state index contributed by atoms with van der Waals surface area (Å²) in [6.07, 6.45) is -10.8. The third kappa shape index (κ3) is 2.65. The maximum absolute atomic E-state index is 13.0. The monoisotopic (exact) mass is 298 g/mol. The van der Waals surface area contributed by atoms with Crippen molar-refractivity contribution in [2.24, 2.45) is 0 Å². The van der Waals surface area contributed by atoms with E-state index in [0.29, 0.717) is 11.1 Å². The molecule has 6 heteroatoms. The Morgan fingerprint density at radius 3 is 1.70 bits per heavy atom. The predicted molar refractivity (Wildman–Crippen MR) is 64.7 cm³/mol. The molecular formula is C14H16F6. The van der Waals surface area contributed by atoms with Gasteiger partial charge in [-0.25, -0.2) is 0 Å². The van der Waals surface area contributed by atoms with Gasteiger partial charge in [0.15, 0.2) is 5.41 Å². The van der Waals surface area contributed by atoms with Crippen LogP contribution in [0.1, 0.15) is 43.4 Å². The van der Waals surface area contributed by atoms with Gasteiger partial charge in [0.2, 0.25) is 0 Å². The first-order valence-electron chi connectivity index (χ1n) is 6.07. The first-order chi connectivity index (χ1) is 8.82. The molecule has 1 aromatic carbocycles. The Hall–Kier alpha value is -1.20. The molecule has 0 heterocycles. The highest BCUT2D eigenvalue weighted by Crippen LogP contribution is 2.52. The van der Waals surface area contributed by atoms with Gasteiger partial charge in [-0.1, -0.05) is 32.0 Å². The highest BCUT2D eigenvalue weighted by Gasteiger charge is 2.68. The lowest BCUT2D eigenvalue weighted by Gasteiger charge is -2.35. The molecule has 0 aliphatic carbocycles. The predicted octanol–water partition coefficient (Wildman–Crippen LogP) is 5.50. The highest BCUT2D eigenvalue weighted by atomic mass is 19.4. The van der Waals surface area contributed by atoms with Gasteiger partial charge >= 0.3 is 12.4 Å². The summed E-state index contributed by atoms with van der Waals surface area (Å²) in [4.78, 5) is 0. The number of hydrogen-bond acceptors (Lipinski definition) is 0. The first kappa shape index (κ1) is 16.9. The van der Waals surface area contributed by atoms with Gasteiger partial charge in [-0.3, -0.25) is 0 Å². The first-order valence-corrected chi connectivity index (χ1v) is 6.07. The summed E-state index contributed by atoms with van der Waals surface area (Å²) in [7, 11) is 0. The van der Waals surface area contributed by atoms with E-state index in [2.05, 4.69) is 0 Å². The molecule has 1 rings (SSSR count). The largest absolute Gasteiger partial charge is 0.406 e. The number of rotatable bonds is 2. The average Bonchev–Trinajstić information content (AvgIpc) is 2.25. The molecule has 0 aliphatic rings. The summed E-state index contributed by atoms with van der Waals surface area (Å²) in [5.41, 5.74) is -3.47. The van der Waals surface area contributed by atoms with Gasteiger partial charge in [-0.2, -0.15) is 26.3 Å². The summed E-state index contributed by atoms with van der Waals surface area (Å²) in [6.45, 7) is 5.30. The van der Waals surface area contributed by atoms with Crippen LogP contribution >= 0.6 is 0 Å². The van der Waals surface area contributed by atoms with Crippen molar-refractivity contribution < 1.29 is 26.3 Å². The van der Waals surface area contributed by atoms with Crippen LogP contribution in [0.4, 0.5) is 26.3 Å². The van der Waals surface area contributed by atoms with E-state index in [1.165, 1.54) is 6.07 Å². The van der Waals surface area contributed by atoms with E-state index in [1.807, 2.05) is 0 Å². The zero-order valence-electron chi connectivity index (χ0n) is 11.6. The molecule has 0 N–H and O–H groups in total. The van der Waals surface area contributed by atoms with E-state index >= 15 is 0 Å². The lowest BCUT2D eigenvalue weighted by atomic mass is 9.79. The third-order valence-corrected chi connectivity index (χ3v) is 3.61. The quantitative estimate of drug-likeness (QED) is 0.632. The van der Waals surface area contributed by atoms with Crippen molar-refractivity contribution in [1.29, 1.82) is 0 Å². The van der Waals surface area contributed by atoms with Crippen LogP contribution < -0.4 is 0 Å². The number of alkyl halides is 6. The average molecular weight is 298 g/mol. The molecule has 0 aromatic heterocycles. The second-order valence-electron chi connectivity index (χ2n) is 5.35. The summed E-state index contributed by atoms with van der Waals surface area (Å²) in [5, 5.41) is 0. The number of aryl methyl sites for hydroxylation is 1. The Kier molecular flexibility index (Phi) is 4.19. The Balaban J connectivity index is 3.57. The van der Waals surface area contributed by atoms with Crippen molar-refractivity contribution in [3.63, 3.8) is 0 Å². The molecule has 0 radical (unpaired) electrons. The molecule has 0 amide bonds. The SMILES string of the molecule is Cc1ccc(C(C)(C(F)(F)F)C(F)(F)F)cc1C(C)C. The molecule has 0 bridgehead atoms. The fraction of sp³-hybridized carbons (Fsp3) is 0.571. The van der Waals surface area contributed by atoms with Gasteiger partial charge in [0, 0.05) is 0 Å². The van der Waals surface area contributed by atoms with Gasteiger partial charge < -0.3 is 0 Å². The molecule has 0 saturated carbocycles. The van der Waals surface area contributed by atoms with E-state index < -0.39 is 23.3 Å². The lowest BCUT2D eigenvalue weighted by Crippen LogP contribution is -2.51. The number of hydrogen-bond donors (Lipinski definition) is 0. The standard InChI is InChI=1S/C14H16F6/c1-8(2)11-7-10(6-5-9(11)3)12(4,13(15,16)17)14(18,19)20/h5-8H,1-4H3. The maximum Gasteiger partial charge on any atom is 0.406 e. The summed E-state index contributed by atoms with van der Waals surface area (Å²) < 4.78 is 78.0. The number of halogens is 6. The zero-order valence-corrected chi connectivity index (χ0v) is 11.6. The van der Waals surface area contributed by atoms with E-state index in [-0.39, 0.29) is 12.8 Å². The molecular weight excluding hydrogens is 282 g/mol. The second-order valence-corrected chi connectivity index (χ2v) is 5.35. The van der Waals surface area contributed by atoms with Crippen LogP contribution in [0.3, 0.4) is 0 Å². The normalized spacial score (nSPS) is 13.9. The van der Waals surface area contributed by atoms with Gasteiger partial charge in [-0.05, 0) is 36.5 Å². The van der Waals surface area contributed by atoms with E-state index in [1.54, 1.807) is 20.8 Å². The summed E-state index contributed by atoms with van der Waals surface area (Å²) >= 11 is 0. The maximum atomic E-state index is 13.0. The minimum atomic E-state index is -5.41. The van der Waals surface area contributed by atoms with Crippen molar-refractivity contribution in [3.05, 3.63) is 34.9 Å². The van der Waals surface area contributed by atoms with Crippen molar-refractivity contribution in [2.75, 3.05) is 0 Å². The van der Waals surface area contributed by atoms with Crippen molar-refractivity contribution >= 4 is 0 Å². The van der Waals surface area contributed by atoms with Crippen LogP contribution in [0.25, 0.3) is 0 Å². The van der Waals surface area contributed by atoms with Gasteiger partial charge in [0.25, 0.3) is 0 Å². The van der Waals surface area contributed by atoms with Crippen LogP contribution in [0.2, 0.25) is 0 Å². The lowest BCUT2D eigenvalue weighted by molar-refractivity contribution is -0.297.